The zero-order chi connectivity index (χ0) is 33.5. The molecule has 0 fully saturated rings. The van der Waals surface area contributed by atoms with Crippen LogP contribution in [-0.4, -0.2) is 63.5 Å². The number of ketones is 1. The Labute approximate surface area is 261 Å². The van der Waals surface area contributed by atoms with E-state index in [2.05, 4.69) is 36.2 Å². The number of Topliss-reactive ketones (excluding diaryl/α,β-unsaturated/α-hetero) is 1. The number of anilines is 1. The summed E-state index contributed by atoms with van der Waals surface area (Å²) in [4.78, 5) is 62.2. The third kappa shape index (κ3) is 9.96. The normalized spacial score (nSPS) is 12.3. The monoisotopic (exact) mass is 649 g/mol. The molecular formula is C29H34F3N7O5S. The Morgan fingerprint density at radius 1 is 1.00 bits per heavy atom. The summed E-state index contributed by atoms with van der Waals surface area (Å²) >= 11 is 0.749. The zero-order valence-corrected chi connectivity index (χ0v) is 26.3. The van der Waals surface area contributed by atoms with Gasteiger partial charge in [-0.05, 0) is 45.7 Å². The number of urea groups is 1. The van der Waals surface area contributed by atoms with Crippen LogP contribution in [-0.2, 0) is 15.7 Å². The Morgan fingerprint density at radius 2 is 1.71 bits per heavy atom. The number of pyridine rings is 2. The molecule has 0 saturated carbocycles. The first-order valence-electron chi connectivity index (χ1n) is 13.8. The summed E-state index contributed by atoms with van der Waals surface area (Å²) in [5, 5.41) is 11.0. The second-order valence-electron chi connectivity index (χ2n) is 11.1. The Balaban J connectivity index is 1.86. The number of alkyl carbamates (subject to hydrolysis) is 1. The fourth-order valence-corrected chi connectivity index (χ4v) is 4.72. The number of alkyl halides is 3. The number of hydrogen-bond acceptors (Lipinski definition) is 9. The first-order chi connectivity index (χ1) is 21.0. The number of carbonyl (C=O) groups excluding carboxylic acids is 4. The lowest BCUT2D eigenvalue weighted by atomic mass is 10.0. The molecule has 0 saturated heterocycles. The highest BCUT2D eigenvalue weighted by Gasteiger charge is 2.34. The molecular weight excluding hydrogens is 615 g/mol. The quantitative estimate of drug-likeness (QED) is 0.216. The molecule has 0 radical (unpaired) electrons. The zero-order valence-electron chi connectivity index (χ0n) is 25.5. The second-order valence-corrected chi connectivity index (χ2v) is 12.0. The Hall–Kier alpha value is -4.60. The van der Waals surface area contributed by atoms with Crippen LogP contribution in [0, 0.1) is 5.92 Å². The first kappa shape index (κ1) is 34.9. The SMILES string of the molecule is CCNC(=O)Nc1cc(-c2nc(C(F)(F)F)cs2)c(-c2cncc(C(=O)CNC(=O)[C@H](NC(=O)OC(C)(C)C)C(C)C)c2)cn1. The van der Waals surface area contributed by atoms with Crippen molar-refractivity contribution >= 4 is 41.0 Å². The third-order valence-corrected chi connectivity index (χ3v) is 6.80. The lowest BCUT2D eigenvalue weighted by molar-refractivity contribution is -0.140. The van der Waals surface area contributed by atoms with Crippen molar-refractivity contribution in [3.63, 3.8) is 0 Å². The van der Waals surface area contributed by atoms with Gasteiger partial charge in [0.05, 0.1) is 6.54 Å². The standard InChI is InChI=1S/C29H34F3N7O5S/c1-7-34-26(42)38-22-9-18(25-37-21(14-45-25)29(30,31)32)19(12-35-22)16-8-17(11-33-10-16)20(40)13-36-24(41)23(15(2)3)39-27(43)44-28(4,5)6/h8-12,14-15,23H,7,13H2,1-6H3,(H,36,41)(H,39,43)(H2,34,35,38,42)/t23-/m1/s1. The lowest BCUT2D eigenvalue weighted by Crippen LogP contribution is -2.51. The van der Waals surface area contributed by atoms with E-state index < -0.39 is 53.9 Å². The predicted molar refractivity (Wildman–Crippen MR) is 162 cm³/mol. The van der Waals surface area contributed by atoms with Gasteiger partial charge in [-0.2, -0.15) is 13.2 Å². The predicted octanol–water partition coefficient (Wildman–Crippen LogP) is 5.28. The summed E-state index contributed by atoms with van der Waals surface area (Å²) in [6.07, 6.45) is -1.45. The van der Waals surface area contributed by atoms with E-state index in [1.807, 2.05) is 0 Å². The van der Waals surface area contributed by atoms with E-state index in [0.29, 0.717) is 17.7 Å². The smallest absolute Gasteiger partial charge is 0.434 e. The van der Waals surface area contributed by atoms with Crippen LogP contribution < -0.4 is 21.3 Å². The van der Waals surface area contributed by atoms with Crippen LogP contribution >= 0.6 is 11.3 Å². The fraction of sp³-hybridized carbons (Fsp3) is 0.414. The number of amides is 4. The van der Waals surface area contributed by atoms with Crippen molar-refractivity contribution in [3.8, 4) is 21.7 Å². The number of carbonyl (C=O) groups is 4. The van der Waals surface area contributed by atoms with E-state index in [1.54, 1.807) is 41.5 Å². The summed E-state index contributed by atoms with van der Waals surface area (Å²) in [6.45, 7) is 10.1. The topological polar surface area (TPSA) is 164 Å². The summed E-state index contributed by atoms with van der Waals surface area (Å²) in [5.41, 5.74) is -0.917. The van der Waals surface area contributed by atoms with Crippen LogP contribution in [0.25, 0.3) is 21.7 Å². The summed E-state index contributed by atoms with van der Waals surface area (Å²) < 4.78 is 45.2. The number of thiazole rings is 1. The number of hydrogen-bond donors (Lipinski definition) is 4. The molecule has 16 heteroatoms. The molecule has 0 aromatic carbocycles. The second kappa shape index (κ2) is 14.5. The van der Waals surface area contributed by atoms with Crippen molar-refractivity contribution in [1.82, 2.24) is 30.9 Å². The number of nitrogens with zero attached hydrogens (tertiary/aromatic N) is 3. The minimum absolute atomic E-state index is 0.000109. The van der Waals surface area contributed by atoms with Gasteiger partial charge in [0, 0.05) is 52.8 Å². The van der Waals surface area contributed by atoms with Gasteiger partial charge in [-0.3, -0.25) is 19.9 Å². The molecule has 242 valence electrons. The van der Waals surface area contributed by atoms with Gasteiger partial charge in [-0.25, -0.2) is 19.6 Å². The van der Waals surface area contributed by atoms with E-state index in [0.717, 1.165) is 16.7 Å². The molecule has 3 rings (SSSR count). The molecule has 12 nitrogen and oxygen atoms in total. The maximum Gasteiger partial charge on any atom is 0.434 e. The third-order valence-electron chi connectivity index (χ3n) is 5.92. The summed E-state index contributed by atoms with van der Waals surface area (Å²) in [5.74, 6) is -1.38. The molecule has 0 unspecified atom stereocenters. The van der Waals surface area contributed by atoms with Gasteiger partial charge in [-0.1, -0.05) is 13.8 Å². The molecule has 0 aliphatic heterocycles. The average molecular weight is 650 g/mol. The molecule has 4 amide bonds. The van der Waals surface area contributed by atoms with Gasteiger partial charge < -0.3 is 20.7 Å². The minimum atomic E-state index is -4.67. The van der Waals surface area contributed by atoms with Crippen molar-refractivity contribution in [1.29, 1.82) is 0 Å². The molecule has 0 spiro atoms. The van der Waals surface area contributed by atoms with Crippen LogP contribution in [0.3, 0.4) is 0 Å². The van der Waals surface area contributed by atoms with Crippen LogP contribution in [0.5, 0.6) is 0 Å². The fourth-order valence-electron chi connectivity index (χ4n) is 3.87. The van der Waals surface area contributed by atoms with Crippen molar-refractivity contribution in [2.75, 3.05) is 18.4 Å². The van der Waals surface area contributed by atoms with Crippen LogP contribution in [0.4, 0.5) is 28.6 Å². The number of nitrogens with one attached hydrogen (secondary N) is 4. The largest absolute Gasteiger partial charge is 0.444 e. The van der Waals surface area contributed by atoms with Crippen molar-refractivity contribution in [2.24, 2.45) is 5.92 Å². The number of ether oxygens (including phenoxy) is 1. The van der Waals surface area contributed by atoms with Gasteiger partial charge >= 0.3 is 18.3 Å². The maximum atomic E-state index is 13.3. The van der Waals surface area contributed by atoms with Crippen molar-refractivity contribution < 1.29 is 37.1 Å². The van der Waals surface area contributed by atoms with Gasteiger partial charge in [-0.15, -0.1) is 11.3 Å². The molecule has 4 N–H and O–H groups in total. The lowest BCUT2D eigenvalue weighted by Gasteiger charge is -2.25. The molecule has 1 atom stereocenters. The van der Waals surface area contributed by atoms with E-state index in [1.165, 1.54) is 30.7 Å². The van der Waals surface area contributed by atoms with Gasteiger partial charge in [0.2, 0.25) is 5.91 Å². The molecule has 3 aromatic heterocycles. The molecule has 0 aliphatic rings. The van der Waals surface area contributed by atoms with Crippen LogP contribution in [0.15, 0.2) is 36.1 Å². The number of rotatable bonds is 10. The number of halogens is 3. The molecule has 3 aromatic rings. The number of aromatic nitrogens is 3. The minimum Gasteiger partial charge on any atom is -0.444 e. The van der Waals surface area contributed by atoms with Crippen LogP contribution in [0.1, 0.15) is 57.6 Å². The molecule has 0 aliphatic carbocycles. The van der Waals surface area contributed by atoms with E-state index in [-0.39, 0.29) is 27.9 Å². The Bertz CT molecular complexity index is 1550. The maximum absolute atomic E-state index is 13.3. The van der Waals surface area contributed by atoms with E-state index >= 15 is 0 Å². The van der Waals surface area contributed by atoms with E-state index in [4.69, 9.17) is 4.74 Å². The first-order valence-corrected chi connectivity index (χ1v) is 14.7. The van der Waals surface area contributed by atoms with E-state index in [9.17, 15) is 32.3 Å². The van der Waals surface area contributed by atoms with Gasteiger partial charge in [0.25, 0.3) is 0 Å². The van der Waals surface area contributed by atoms with Crippen molar-refractivity contribution in [3.05, 3.63) is 47.4 Å². The summed E-state index contributed by atoms with van der Waals surface area (Å²) in [7, 11) is 0. The molecule has 45 heavy (non-hydrogen) atoms. The summed E-state index contributed by atoms with van der Waals surface area (Å²) in [6, 6.07) is 1.30. The Kier molecular flexibility index (Phi) is 11.2. The van der Waals surface area contributed by atoms with Crippen LogP contribution in [0.2, 0.25) is 0 Å². The Morgan fingerprint density at radius 3 is 2.31 bits per heavy atom. The van der Waals surface area contributed by atoms with Gasteiger partial charge in [0.15, 0.2) is 11.5 Å². The van der Waals surface area contributed by atoms with Crippen molar-refractivity contribution in [2.45, 2.75) is 59.4 Å². The average Bonchev–Trinajstić information content (AvgIpc) is 3.45. The molecule has 0 bridgehead atoms. The highest BCUT2D eigenvalue weighted by atomic mass is 32.1. The highest BCUT2D eigenvalue weighted by molar-refractivity contribution is 7.13. The highest BCUT2D eigenvalue weighted by Crippen LogP contribution is 2.38. The van der Waals surface area contributed by atoms with Gasteiger partial charge in [0.1, 0.15) is 22.5 Å². The molecule has 3 heterocycles.